The van der Waals surface area contributed by atoms with Crippen LogP contribution in [-0.2, 0) is 16.1 Å². The van der Waals surface area contributed by atoms with Gasteiger partial charge in [-0.2, -0.15) is 0 Å². The van der Waals surface area contributed by atoms with Crippen molar-refractivity contribution in [2.24, 2.45) is 0 Å². The number of hydrogen-bond acceptors (Lipinski definition) is 7. The van der Waals surface area contributed by atoms with Crippen LogP contribution in [0.5, 0.6) is 17.2 Å². The third-order valence-corrected chi connectivity index (χ3v) is 5.85. The van der Waals surface area contributed by atoms with Crippen molar-refractivity contribution in [3.8, 4) is 17.2 Å². The first-order chi connectivity index (χ1) is 17.3. The fraction of sp³-hybridized carbons (Fsp3) is 0.250. The van der Waals surface area contributed by atoms with E-state index in [1.54, 1.807) is 60.9 Å². The quantitative estimate of drug-likeness (QED) is 0.283. The predicted molar refractivity (Wildman–Crippen MR) is 134 cm³/mol. The number of nitrogens with zero attached hydrogens (tertiary/aromatic N) is 2. The molecular formula is C28H28N2O6. The number of pyridine rings is 1. The van der Waals surface area contributed by atoms with Gasteiger partial charge in [0, 0.05) is 36.1 Å². The van der Waals surface area contributed by atoms with E-state index in [1.165, 1.54) is 19.1 Å². The highest BCUT2D eigenvalue weighted by Gasteiger charge is 2.47. The van der Waals surface area contributed by atoms with Crippen molar-refractivity contribution in [1.29, 1.82) is 0 Å². The molecule has 1 saturated heterocycles. The fourth-order valence-electron chi connectivity index (χ4n) is 4.22. The van der Waals surface area contributed by atoms with Gasteiger partial charge >= 0.3 is 0 Å². The Morgan fingerprint density at radius 1 is 1.03 bits per heavy atom. The molecule has 8 heteroatoms. The van der Waals surface area contributed by atoms with Crippen molar-refractivity contribution < 1.29 is 28.9 Å². The van der Waals surface area contributed by atoms with Gasteiger partial charge in [0.1, 0.15) is 23.0 Å². The molecule has 1 atom stereocenters. The van der Waals surface area contributed by atoms with Crippen molar-refractivity contribution in [1.82, 2.24) is 9.88 Å². The Balaban J connectivity index is 1.86. The SMILES string of the molecule is COc1ccc(C2/C(=C(\O)c3ccc(OC(C)C)cc3)C(=O)C(=O)N2Cc2cccnc2)c(OC)c1. The number of ether oxygens (including phenoxy) is 3. The molecule has 0 aliphatic carbocycles. The Hall–Kier alpha value is -4.33. The van der Waals surface area contributed by atoms with Crippen LogP contribution in [0.1, 0.15) is 36.6 Å². The molecule has 1 aliphatic heterocycles. The van der Waals surface area contributed by atoms with Gasteiger partial charge in [0.05, 0.1) is 31.9 Å². The second-order valence-electron chi connectivity index (χ2n) is 8.59. The maximum atomic E-state index is 13.3. The smallest absolute Gasteiger partial charge is 0.295 e. The van der Waals surface area contributed by atoms with Crippen LogP contribution in [0.3, 0.4) is 0 Å². The lowest BCUT2D eigenvalue weighted by Crippen LogP contribution is -2.29. The van der Waals surface area contributed by atoms with Crippen LogP contribution < -0.4 is 14.2 Å². The number of amides is 1. The molecule has 1 fully saturated rings. The van der Waals surface area contributed by atoms with Crippen molar-refractivity contribution >= 4 is 17.4 Å². The lowest BCUT2D eigenvalue weighted by molar-refractivity contribution is -0.140. The highest BCUT2D eigenvalue weighted by atomic mass is 16.5. The number of hydrogen-bond donors (Lipinski definition) is 1. The highest BCUT2D eigenvalue weighted by Crippen LogP contribution is 2.44. The maximum Gasteiger partial charge on any atom is 0.295 e. The van der Waals surface area contributed by atoms with Crippen molar-refractivity contribution in [2.75, 3.05) is 14.2 Å². The summed E-state index contributed by atoms with van der Waals surface area (Å²) in [5.74, 6) is -0.165. The summed E-state index contributed by atoms with van der Waals surface area (Å²) in [6.07, 6.45) is 3.26. The van der Waals surface area contributed by atoms with E-state index in [1.807, 2.05) is 19.9 Å². The Kier molecular flexibility index (Phi) is 7.24. The number of aromatic nitrogens is 1. The maximum absolute atomic E-state index is 13.3. The predicted octanol–water partition coefficient (Wildman–Crippen LogP) is 4.51. The highest BCUT2D eigenvalue weighted by molar-refractivity contribution is 6.46. The van der Waals surface area contributed by atoms with Gasteiger partial charge in [-0.15, -0.1) is 0 Å². The van der Waals surface area contributed by atoms with E-state index in [0.29, 0.717) is 28.4 Å². The molecule has 4 rings (SSSR count). The Morgan fingerprint density at radius 2 is 1.75 bits per heavy atom. The van der Waals surface area contributed by atoms with Crippen LogP contribution in [0.4, 0.5) is 0 Å². The zero-order chi connectivity index (χ0) is 25.8. The summed E-state index contributed by atoms with van der Waals surface area (Å²) in [6.45, 7) is 3.95. The van der Waals surface area contributed by atoms with Gasteiger partial charge in [-0.05, 0) is 61.9 Å². The van der Waals surface area contributed by atoms with Crippen molar-refractivity contribution in [2.45, 2.75) is 32.5 Å². The van der Waals surface area contributed by atoms with E-state index in [9.17, 15) is 14.7 Å². The molecule has 0 spiro atoms. The number of carbonyl (C=O) groups is 2. The average Bonchev–Trinajstić information content (AvgIpc) is 3.13. The molecule has 0 bridgehead atoms. The van der Waals surface area contributed by atoms with Gasteiger partial charge in [0.2, 0.25) is 0 Å². The van der Waals surface area contributed by atoms with E-state index in [0.717, 1.165) is 5.56 Å². The number of rotatable bonds is 8. The van der Waals surface area contributed by atoms with Gasteiger partial charge in [0.25, 0.3) is 11.7 Å². The molecule has 1 N–H and O–H groups in total. The zero-order valence-electron chi connectivity index (χ0n) is 20.6. The summed E-state index contributed by atoms with van der Waals surface area (Å²) in [5.41, 5.74) is 1.66. The third-order valence-electron chi connectivity index (χ3n) is 5.85. The number of likely N-dealkylation sites (tertiary alicyclic amines) is 1. The number of benzene rings is 2. The van der Waals surface area contributed by atoms with Crippen molar-refractivity contribution in [3.63, 3.8) is 0 Å². The fourth-order valence-corrected chi connectivity index (χ4v) is 4.22. The molecule has 8 nitrogen and oxygen atoms in total. The summed E-state index contributed by atoms with van der Waals surface area (Å²) < 4.78 is 16.6. The zero-order valence-corrected chi connectivity index (χ0v) is 20.6. The van der Waals surface area contributed by atoms with Crippen LogP contribution in [-0.4, -0.2) is 47.0 Å². The Bertz CT molecular complexity index is 1290. The summed E-state index contributed by atoms with van der Waals surface area (Å²) in [5, 5.41) is 11.3. The first-order valence-corrected chi connectivity index (χ1v) is 11.5. The van der Waals surface area contributed by atoms with E-state index < -0.39 is 17.7 Å². The van der Waals surface area contributed by atoms with Crippen LogP contribution in [0.15, 0.2) is 72.6 Å². The molecule has 2 aromatic carbocycles. The summed E-state index contributed by atoms with van der Waals surface area (Å²) in [6, 6.07) is 14.6. The van der Waals surface area contributed by atoms with E-state index in [2.05, 4.69) is 4.98 Å². The molecule has 0 radical (unpaired) electrons. The van der Waals surface area contributed by atoms with Crippen LogP contribution in [0.25, 0.3) is 5.76 Å². The molecule has 0 saturated carbocycles. The van der Waals surface area contributed by atoms with Gasteiger partial charge in [-0.25, -0.2) is 0 Å². The third kappa shape index (κ3) is 4.88. The molecule has 1 aliphatic rings. The minimum absolute atomic E-state index is 0.00946. The Labute approximate surface area is 209 Å². The largest absolute Gasteiger partial charge is 0.507 e. The topological polar surface area (TPSA) is 98.2 Å². The molecule has 3 aromatic rings. The molecule has 1 aromatic heterocycles. The first kappa shape index (κ1) is 24.8. The number of aliphatic hydroxyl groups excluding tert-OH is 1. The van der Waals surface area contributed by atoms with Gasteiger partial charge < -0.3 is 24.2 Å². The molecule has 1 unspecified atom stereocenters. The summed E-state index contributed by atoms with van der Waals surface area (Å²) >= 11 is 0. The molecule has 186 valence electrons. The van der Waals surface area contributed by atoms with Crippen LogP contribution in [0.2, 0.25) is 0 Å². The second kappa shape index (κ2) is 10.5. The first-order valence-electron chi connectivity index (χ1n) is 11.5. The number of carbonyl (C=O) groups excluding carboxylic acids is 2. The monoisotopic (exact) mass is 488 g/mol. The minimum atomic E-state index is -0.891. The molecule has 36 heavy (non-hydrogen) atoms. The number of Topliss-reactive ketones (excluding diaryl/α,β-unsaturated/α-hetero) is 1. The summed E-state index contributed by atoms with van der Waals surface area (Å²) in [7, 11) is 3.04. The number of methoxy groups -OCH3 is 2. The van der Waals surface area contributed by atoms with Gasteiger partial charge in [-0.1, -0.05) is 6.07 Å². The average molecular weight is 489 g/mol. The number of ketones is 1. The minimum Gasteiger partial charge on any atom is -0.507 e. The molecule has 1 amide bonds. The van der Waals surface area contributed by atoms with Gasteiger partial charge in [-0.3, -0.25) is 14.6 Å². The van der Waals surface area contributed by atoms with E-state index >= 15 is 0 Å². The van der Waals surface area contributed by atoms with Crippen LogP contribution in [0, 0.1) is 0 Å². The second-order valence-corrected chi connectivity index (χ2v) is 8.59. The van der Waals surface area contributed by atoms with Crippen LogP contribution >= 0.6 is 0 Å². The lowest BCUT2D eigenvalue weighted by atomic mass is 9.94. The van der Waals surface area contributed by atoms with E-state index in [-0.39, 0.29) is 24.0 Å². The normalized spacial score (nSPS) is 16.9. The standard InChI is InChI=1S/C28H28N2O6/c1-17(2)36-20-9-7-19(8-10-20)26(31)24-25(22-12-11-21(34-3)14-23(22)35-4)30(28(33)27(24)32)16-18-6-5-13-29-15-18/h5-15,17,25,31H,16H2,1-4H3/b26-24+. The Morgan fingerprint density at radius 3 is 2.36 bits per heavy atom. The van der Waals surface area contributed by atoms with Crippen molar-refractivity contribution in [3.05, 3.63) is 89.3 Å². The van der Waals surface area contributed by atoms with E-state index in [4.69, 9.17) is 14.2 Å². The molecule has 2 heterocycles. The molecular weight excluding hydrogens is 460 g/mol. The van der Waals surface area contributed by atoms with Gasteiger partial charge in [0.15, 0.2) is 0 Å². The lowest BCUT2D eigenvalue weighted by Gasteiger charge is -2.27. The summed E-state index contributed by atoms with van der Waals surface area (Å²) in [4.78, 5) is 32.1. The number of aliphatic hydroxyl groups is 1.